The van der Waals surface area contributed by atoms with Gasteiger partial charge in [-0.15, -0.1) is 0 Å². The first kappa shape index (κ1) is 14.4. The first-order valence-electron chi connectivity index (χ1n) is 5.90. The summed E-state index contributed by atoms with van der Waals surface area (Å²) in [6.45, 7) is 2.20. The number of aromatic hydroxyl groups is 1. The Bertz CT molecular complexity index is 613. The average molecular weight is 341 g/mol. The Morgan fingerprint density at radius 1 is 1.45 bits per heavy atom. The molecule has 0 aromatic heterocycles. The van der Waals surface area contributed by atoms with E-state index in [2.05, 4.69) is 21.2 Å². The molecule has 1 fully saturated rings. The summed E-state index contributed by atoms with van der Waals surface area (Å²) in [6, 6.07) is 2.75. The first-order valence-corrected chi connectivity index (χ1v) is 6.69. The maximum Gasteiger partial charge on any atom is 0.328 e. The standard InChI is InChI=1S/C13H13BrN2O4/c1-3-20-10-6-7(4-8(14)11(10)17)5-9-12(18)16(2)13(19)15-9/h4-6,17H,3H2,1-2H3,(H,15,19)/b9-5+. The van der Waals surface area contributed by atoms with Crippen molar-refractivity contribution in [1.29, 1.82) is 0 Å². The Morgan fingerprint density at radius 2 is 2.15 bits per heavy atom. The number of benzene rings is 1. The number of urea groups is 1. The van der Waals surface area contributed by atoms with Crippen LogP contribution < -0.4 is 10.1 Å². The van der Waals surface area contributed by atoms with E-state index in [9.17, 15) is 14.7 Å². The molecule has 0 saturated carbocycles. The number of hydrogen-bond donors (Lipinski definition) is 2. The predicted molar refractivity (Wildman–Crippen MR) is 76.3 cm³/mol. The molecular formula is C13H13BrN2O4. The highest BCUT2D eigenvalue weighted by Crippen LogP contribution is 2.36. The molecule has 2 N–H and O–H groups in total. The lowest BCUT2D eigenvalue weighted by atomic mass is 10.1. The van der Waals surface area contributed by atoms with E-state index in [-0.39, 0.29) is 11.4 Å². The Hall–Kier alpha value is -2.02. The van der Waals surface area contributed by atoms with Gasteiger partial charge in [-0.2, -0.15) is 0 Å². The number of carbonyl (C=O) groups excluding carboxylic acids is 2. The number of phenolic OH excluding ortho intramolecular Hbond substituents is 1. The first-order chi connectivity index (χ1) is 9.43. The van der Waals surface area contributed by atoms with Crippen LogP contribution in [0.2, 0.25) is 0 Å². The van der Waals surface area contributed by atoms with Crippen LogP contribution in [-0.4, -0.2) is 35.6 Å². The van der Waals surface area contributed by atoms with E-state index in [0.717, 1.165) is 4.90 Å². The highest BCUT2D eigenvalue weighted by atomic mass is 79.9. The molecule has 1 aliphatic rings. The minimum Gasteiger partial charge on any atom is -0.503 e. The Kier molecular flexibility index (Phi) is 3.99. The molecule has 0 unspecified atom stereocenters. The molecule has 7 heteroatoms. The lowest BCUT2D eigenvalue weighted by molar-refractivity contribution is -0.121. The van der Waals surface area contributed by atoms with E-state index in [0.29, 0.717) is 22.4 Å². The van der Waals surface area contributed by atoms with Crippen molar-refractivity contribution in [2.75, 3.05) is 13.7 Å². The summed E-state index contributed by atoms with van der Waals surface area (Å²) < 4.78 is 5.74. The number of carbonyl (C=O) groups is 2. The molecule has 1 aromatic rings. The quantitative estimate of drug-likeness (QED) is 0.652. The minimum atomic E-state index is -0.468. The van der Waals surface area contributed by atoms with Crippen molar-refractivity contribution in [1.82, 2.24) is 10.2 Å². The predicted octanol–water partition coefficient (Wildman–Crippen LogP) is 2.08. The lowest BCUT2D eigenvalue weighted by Crippen LogP contribution is -2.25. The summed E-state index contributed by atoms with van der Waals surface area (Å²) in [6.07, 6.45) is 1.52. The van der Waals surface area contributed by atoms with Gasteiger partial charge in [0.05, 0.1) is 11.1 Å². The molecule has 0 bridgehead atoms. The van der Waals surface area contributed by atoms with Gasteiger partial charge in [-0.25, -0.2) is 4.79 Å². The number of imide groups is 1. The number of ether oxygens (including phenoxy) is 1. The van der Waals surface area contributed by atoms with E-state index in [1.165, 1.54) is 13.1 Å². The molecular weight excluding hydrogens is 328 g/mol. The van der Waals surface area contributed by atoms with Gasteiger partial charge in [0.15, 0.2) is 11.5 Å². The Balaban J connectivity index is 2.39. The Morgan fingerprint density at radius 3 is 2.70 bits per heavy atom. The van der Waals surface area contributed by atoms with Crippen molar-refractivity contribution in [3.05, 3.63) is 27.9 Å². The summed E-state index contributed by atoms with van der Waals surface area (Å²) in [5, 5.41) is 12.3. The molecule has 1 aromatic carbocycles. The van der Waals surface area contributed by atoms with Crippen LogP contribution in [0.3, 0.4) is 0 Å². The summed E-state index contributed by atoms with van der Waals surface area (Å²) in [4.78, 5) is 24.1. The fourth-order valence-corrected chi connectivity index (χ4v) is 2.19. The molecule has 20 heavy (non-hydrogen) atoms. The number of likely N-dealkylation sites (N-methyl/N-ethyl adjacent to an activating group) is 1. The van der Waals surface area contributed by atoms with E-state index in [1.807, 2.05) is 0 Å². The molecule has 0 aliphatic carbocycles. The number of rotatable bonds is 3. The molecule has 0 atom stereocenters. The zero-order valence-corrected chi connectivity index (χ0v) is 12.5. The topological polar surface area (TPSA) is 78.9 Å². The van der Waals surface area contributed by atoms with E-state index < -0.39 is 11.9 Å². The normalized spacial score (nSPS) is 16.8. The maximum atomic E-state index is 11.8. The maximum absolute atomic E-state index is 11.8. The smallest absolute Gasteiger partial charge is 0.328 e. The second-order valence-corrected chi connectivity index (χ2v) is 4.99. The summed E-state index contributed by atoms with van der Waals surface area (Å²) >= 11 is 3.21. The van der Waals surface area contributed by atoms with Crippen LogP contribution in [0.4, 0.5) is 4.79 Å². The van der Waals surface area contributed by atoms with Crippen molar-refractivity contribution in [2.45, 2.75) is 6.92 Å². The zero-order valence-electron chi connectivity index (χ0n) is 10.9. The molecule has 1 heterocycles. The molecule has 3 amide bonds. The van der Waals surface area contributed by atoms with Crippen LogP contribution in [0.25, 0.3) is 6.08 Å². The van der Waals surface area contributed by atoms with Crippen molar-refractivity contribution in [3.63, 3.8) is 0 Å². The van der Waals surface area contributed by atoms with Crippen LogP contribution in [0.15, 0.2) is 22.3 Å². The van der Waals surface area contributed by atoms with E-state index in [4.69, 9.17) is 4.74 Å². The van der Waals surface area contributed by atoms with Crippen molar-refractivity contribution in [2.24, 2.45) is 0 Å². The largest absolute Gasteiger partial charge is 0.503 e. The fraction of sp³-hybridized carbons (Fsp3) is 0.231. The van der Waals surface area contributed by atoms with Crippen LogP contribution >= 0.6 is 15.9 Å². The third-order valence-electron chi connectivity index (χ3n) is 2.74. The van der Waals surface area contributed by atoms with Gasteiger partial charge >= 0.3 is 6.03 Å². The van der Waals surface area contributed by atoms with Crippen molar-refractivity contribution >= 4 is 33.9 Å². The number of phenols is 1. The van der Waals surface area contributed by atoms with Gasteiger partial charge in [-0.05, 0) is 46.6 Å². The van der Waals surface area contributed by atoms with Crippen molar-refractivity contribution < 1.29 is 19.4 Å². The SMILES string of the molecule is CCOc1cc(/C=C2/NC(=O)N(C)C2=O)cc(Br)c1O. The summed E-state index contributed by atoms with van der Waals surface area (Å²) in [7, 11) is 1.40. The third kappa shape index (κ3) is 2.62. The minimum absolute atomic E-state index is 0.00657. The zero-order chi connectivity index (χ0) is 14.9. The number of hydrogen-bond acceptors (Lipinski definition) is 4. The lowest BCUT2D eigenvalue weighted by Gasteiger charge is -2.08. The molecule has 2 rings (SSSR count). The fourth-order valence-electron chi connectivity index (χ4n) is 1.73. The third-order valence-corrected chi connectivity index (χ3v) is 3.35. The van der Waals surface area contributed by atoms with Gasteiger partial charge in [0, 0.05) is 7.05 Å². The average Bonchev–Trinajstić information content (AvgIpc) is 2.63. The second kappa shape index (κ2) is 5.54. The van der Waals surface area contributed by atoms with E-state index >= 15 is 0 Å². The molecule has 106 valence electrons. The number of amides is 3. The molecule has 0 spiro atoms. The highest BCUT2D eigenvalue weighted by Gasteiger charge is 2.30. The van der Waals surface area contributed by atoms with Crippen LogP contribution in [0.5, 0.6) is 11.5 Å². The van der Waals surface area contributed by atoms with Crippen LogP contribution in [0, 0.1) is 0 Å². The van der Waals surface area contributed by atoms with Crippen molar-refractivity contribution in [3.8, 4) is 11.5 Å². The van der Waals surface area contributed by atoms with Crippen LogP contribution in [0.1, 0.15) is 12.5 Å². The van der Waals surface area contributed by atoms with Gasteiger partial charge in [-0.3, -0.25) is 9.69 Å². The van der Waals surface area contributed by atoms with Gasteiger partial charge < -0.3 is 15.2 Å². The van der Waals surface area contributed by atoms with Crippen LogP contribution in [-0.2, 0) is 4.79 Å². The Labute approximate surface area is 124 Å². The number of nitrogens with zero attached hydrogens (tertiary/aromatic N) is 1. The molecule has 1 aliphatic heterocycles. The van der Waals surface area contributed by atoms with E-state index in [1.54, 1.807) is 19.1 Å². The van der Waals surface area contributed by atoms with Gasteiger partial charge in [-0.1, -0.05) is 0 Å². The molecule has 1 saturated heterocycles. The monoisotopic (exact) mass is 340 g/mol. The number of nitrogens with one attached hydrogen (secondary N) is 1. The molecule has 0 radical (unpaired) electrons. The second-order valence-electron chi connectivity index (χ2n) is 4.13. The van der Waals surface area contributed by atoms with Gasteiger partial charge in [0.1, 0.15) is 5.70 Å². The summed E-state index contributed by atoms with van der Waals surface area (Å²) in [5.41, 5.74) is 0.801. The molecule has 6 nitrogen and oxygen atoms in total. The number of halogens is 1. The summed E-state index contributed by atoms with van der Waals surface area (Å²) in [5.74, 6) is -0.107. The van der Waals surface area contributed by atoms with Gasteiger partial charge in [0.25, 0.3) is 5.91 Å². The van der Waals surface area contributed by atoms with Gasteiger partial charge in [0.2, 0.25) is 0 Å². The highest BCUT2D eigenvalue weighted by molar-refractivity contribution is 9.10.